The van der Waals surface area contributed by atoms with E-state index in [4.69, 9.17) is 0 Å². The molecule has 0 bridgehead atoms. The van der Waals surface area contributed by atoms with Crippen LogP contribution in [0.25, 0.3) is 0 Å². The monoisotopic (exact) mass is 384 g/mol. The summed E-state index contributed by atoms with van der Waals surface area (Å²) in [5.74, 6) is 4.36. The summed E-state index contributed by atoms with van der Waals surface area (Å²) in [6, 6.07) is 0. The second kappa shape index (κ2) is 7.59. The number of hydrogen-bond acceptors (Lipinski definition) is 1. The smallest absolute Gasteiger partial charge is 0.159 e. The minimum Gasteiger partial charge on any atom is -0.295 e. The van der Waals surface area contributed by atoms with Crippen LogP contribution in [-0.4, -0.2) is 5.78 Å². The van der Waals surface area contributed by atoms with Crippen LogP contribution in [-0.2, 0) is 4.79 Å². The maximum absolute atomic E-state index is 13.2. The molecule has 0 aromatic heterocycles. The van der Waals surface area contributed by atoms with Crippen molar-refractivity contribution in [1.82, 2.24) is 0 Å². The molecule has 4 aliphatic carbocycles. The van der Waals surface area contributed by atoms with Crippen LogP contribution in [0.4, 0.5) is 0 Å². The summed E-state index contributed by atoms with van der Waals surface area (Å²) in [5, 5.41) is 0. The van der Waals surface area contributed by atoms with Gasteiger partial charge >= 0.3 is 0 Å². The van der Waals surface area contributed by atoms with Crippen LogP contribution < -0.4 is 0 Å². The molecule has 6 atom stereocenters. The van der Waals surface area contributed by atoms with Gasteiger partial charge in [0.2, 0.25) is 0 Å². The Morgan fingerprint density at radius 1 is 0.964 bits per heavy atom. The topological polar surface area (TPSA) is 17.1 Å². The molecule has 158 valence electrons. The van der Waals surface area contributed by atoms with E-state index in [9.17, 15) is 4.79 Å². The Balaban J connectivity index is 1.57. The fourth-order valence-corrected chi connectivity index (χ4v) is 8.29. The summed E-state index contributed by atoms with van der Waals surface area (Å²) in [4.78, 5) is 13.2. The van der Waals surface area contributed by atoms with E-state index < -0.39 is 0 Å². The summed E-state index contributed by atoms with van der Waals surface area (Å²) in [7, 11) is 0. The fourth-order valence-electron chi connectivity index (χ4n) is 8.29. The number of Topliss-reactive ketones (excluding diaryl/α,β-unsaturated/α-hetero) is 1. The number of hydrogen-bond donors (Lipinski definition) is 0. The molecule has 0 N–H and O–H groups in total. The maximum Gasteiger partial charge on any atom is 0.159 e. The number of carbonyl (C=O) groups excluding carboxylic acids is 1. The molecule has 0 aromatic rings. The predicted molar refractivity (Wildman–Crippen MR) is 118 cm³/mol. The third-order valence-electron chi connectivity index (χ3n) is 9.77. The van der Waals surface area contributed by atoms with Gasteiger partial charge in [0.25, 0.3) is 0 Å². The number of allylic oxidation sites excluding steroid dienone is 2. The highest BCUT2D eigenvalue weighted by Gasteiger charge is 2.58. The van der Waals surface area contributed by atoms with Crippen molar-refractivity contribution in [3.8, 4) is 0 Å². The predicted octanol–water partition coefficient (Wildman–Crippen LogP) is 7.74. The van der Waals surface area contributed by atoms with E-state index in [2.05, 4.69) is 34.6 Å². The van der Waals surface area contributed by atoms with Gasteiger partial charge in [0.1, 0.15) is 0 Å². The maximum atomic E-state index is 13.2. The second-order valence-electron chi connectivity index (χ2n) is 12.0. The normalized spacial score (nSPS) is 41.6. The van der Waals surface area contributed by atoms with E-state index in [0.717, 1.165) is 30.1 Å². The summed E-state index contributed by atoms with van der Waals surface area (Å²) in [5.41, 5.74) is 3.71. The van der Waals surface area contributed by atoms with Crippen molar-refractivity contribution in [2.45, 2.75) is 112 Å². The van der Waals surface area contributed by atoms with E-state index in [1.54, 1.807) is 5.57 Å². The molecule has 3 fully saturated rings. The van der Waals surface area contributed by atoms with Gasteiger partial charge in [-0.05, 0) is 90.9 Å². The van der Waals surface area contributed by atoms with E-state index in [-0.39, 0.29) is 5.41 Å². The Kier molecular flexibility index (Phi) is 5.60. The average Bonchev–Trinajstić information content (AvgIpc) is 2.90. The molecule has 0 saturated heterocycles. The van der Waals surface area contributed by atoms with Crippen molar-refractivity contribution in [2.24, 2.45) is 40.4 Å². The highest BCUT2D eigenvalue weighted by atomic mass is 16.1. The van der Waals surface area contributed by atoms with Gasteiger partial charge in [-0.25, -0.2) is 0 Å². The van der Waals surface area contributed by atoms with Crippen molar-refractivity contribution < 1.29 is 4.79 Å². The van der Waals surface area contributed by atoms with Crippen LogP contribution in [0.3, 0.4) is 0 Å². The summed E-state index contributed by atoms with van der Waals surface area (Å²) in [6.07, 6.45) is 15.8. The second-order valence-corrected chi connectivity index (χ2v) is 12.0. The van der Waals surface area contributed by atoms with Crippen LogP contribution >= 0.6 is 0 Å². The first-order valence-corrected chi connectivity index (χ1v) is 12.5. The molecule has 0 amide bonds. The zero-order valence-corrected chi connectivity index (χ0v) is 19.3. The summed E-state index contributed by atoms with van der Waals surface area (Å²) >= 11 is 0. The van der Waals surface area contributed by atoms with Crippen LogP contribution in [0.1, 0.15) is 112 Å². The van der Waals surface area contributed by atoms with Gasteiger partial charge < -0.3 is 0 Å². The first kappa shape index (κ1) is 20.7. The van der Waals surface area contributed by atoms with Crippen LogP contribution in [0, 0.1) is 40.4 Å². The first-order chi connectivity index (χ1) is 13.3. The van der Waals surface area contributed by atoms with Crippen LogP contribution in [0.2, 0.25) is 0 Å². The third-order valence-corrected chi connectivity index (χ3v) is 9.77. The standard InChI is InChI=1S/C27H44O/c1-18(2)9-8-10-19(3)25-23-13-12-20-21-11-6-7-15-26(21,4)16-14-22(20)27(23,5)17-24(25)28/h18-22H,6-17H2,1-5H3/t19-,20+,21+,22+,26+,27-/m1/s1. The molecule has 4 aliphatic rings. The van der Waals surface area contributed by atoms with Crippen molar-refractivity contribution in [3.05, 3.63) is 11.1 Å². The zero-order valence-electron chi connectivity index (χ0n) is 19.3. The first-order valence-electron chi connectivity index (χ1n) is 12.5. The van der Waals surface area contributed by atoms with Crippen molar-refractivity contribution in [1.29, 1.82) is 0 Å². The minimum absolute atomic E-state index is 0.195. The zero-order chi connectivity index (χ0) is 20.1. The molecule has 0 radical (unpaired) electrons. The summed E-state index contributed by atoms with van der Waals surface area (Å²) < 4.78 is 0. The molecule has 4 rings (SSSR count). The van der Waals surface area contributed by atoms with Crippen molar-refractivity contribution in [2.75, 3.05) is 0 Å². The lowest BCUT2D eigenvalue weighted by Crippen LogP contribution is -2.50. The highest BCUT2D eigenvalue weighted by molar-refractivity contribution is 6.00. The quantitative estimate of drug-likeness (QED) is 0.473. The average molecular weight is 385 g/mol. The number of ketones is 1. The fraction of sp³-hybridized carbons (Fsp3) is 0.889. The lowest BCUT2D eigenvalue weighted by Gasteiger charge is -2.58. The highest BCUT2D eigenvalue weighted by Crippen LogP contribution is 2.65. The number of rotatable bonds is 5. The largest absolute Gasteiger partial charge is 0.295 e. The molecule has 0 spiro atoms. The van der Waals surface area contributed by atoms with Gasteiger partial charge in [-0.3, -0.25) is 4.79 Å². The summed E-state index contributed by atoms with van der Waals surface area (Å²) in [6.45, 7) is 12.1. The molecule has 0 aliphatic heterocycles. The minimum atomic E-state index is 0.195. The molecule has 1 heteroatoms. The number of carbonyl (C=O) groups is 1. The van der Waals surface area contributed by atoms with Crippen molar-refractivity contribution in [3.63, 3.8) is 0 Å². The Morgan fingerprint density at radius 3 is 2.50 bits per heavy atom. The van der Waals surface area contributed by atoms with Gasteiger partial charge in [-0.1, -0.05) is 65.9 Å². The molecule has 0 unspecified atom stereocenters. The Morgan fingerprint density at radius 2 is 1.75 bits per heavy atom. The Bertz CT molecular complexity index is 643. The lowest BCUT2D eigenvalue weighted by molar-refractivity contribution is -0.118. The molecule has 28 heavy (non-hydrogen) atoms. The molecular weight excluding hydrogens is 340 g/mol. The SMILES string of the molecule is CC(C)CCC[C@@H](C)C1=C2CC[C@H]3[C@@H]4CCCC[C@@]4(C)CC[C@@H]3[C@@]2(C)CC1=O. The van der Waals surface area contributed by atoms with Gasteiger partial charge in [0.05, 0.1) is 0 Å². The van der Waals surface area contributed by atoms with Gasteiger partial charge in [-0.2, -0.15) is 0 Å². The van der Waals surface area contributed by atoms with E-state index in [1.807, 2.05) is 0 Å². The van der Waals surface area contributed by atoms with Gasteiger partial charge in [0, 0.05) is 6.42 Å². The molecule has 1 nitrogen and oxygen atoms in total. The van der Waals surface area contributed by atoms with Crippen LogP contribution in [0.5, 0.6) is 0 Å². The van der Waals surface area contributed by atoms with Crippen molar-refractivity contribution >= 4 is 5.78 Å². The van der Waals surface area contributed by atoms with E-state index in [0.29, 0.717) is 17.1 Å². The third kappa shape index (κ3) is 3.33. The molecule has 0 aromatic carbocycles. The Hall–Kier alpha value is -0.590. The lowest BCUT2D eigenvalue weighted by atomic mass is 9.46. The molecule has 3 saturated carbocycles. The molecular formula is C27H44O. The van der Waals surface area contributed by atoms with Gasteiger partial charge in [-0.15, -0.1) is 0 Å². The van der Waals surface area contributed by atoms with E-state index >= 15 is 0 Å². The van der Waals surface area contributed by atoms with Gasteiger partial charge in [0.15, 0.2) is 5.78 Å². The Labute approximate surface area is 174 Å². The number of fused-ring (bicyclic) bond motifs is 5. The van der Waals surface area contributed by atoms with Crippen LogP contribution in [0.15, 0.2) is 11.1 Å². The van der Waals surface area contributed by atoms with E-state index in [1.165, 1.54) is 76.2 Å². The molecule has 0 heterocycles.